The standard InChI is InChI=1S/C15H21NO4/c1-18-7-8-20-14-4-2-3-12(9-14)10-16-15(17)13-5-6-19-11-13/h2-4,9,13H,5-8,10-11H2,1H3,(H,16,17). The lowest BCUT2D eigenvalue weighted by atomic mass is 10.1. The highest BCUT2D eigenvalue weighted by Crippen LogP contribution is 2.15. The van der Waals surface area contributed by atoms with Crippen LogP contribution in [0.5, 0.6) is 5.75 Å². The molecule has 1 heterocycles. The fourth-order valence-electron chi connectivity index (χ4n) is 2.06. The lowest BCUT2D eigenvalue weighted by Crippen LogP contribution is -2.30. The van der Waals surface area contributed by atoms with Gasteiger partial charge in [0.1, 0.15) is 12.4 Å². The molecule has 0 saturated carbocycles. The van der Waals surface area contributed by atoms with Gasteiger partial charge < -0.3 is 19.5 Å². The molecule has 1 aromatic rings. The second-order valence-corrected chi connectivity index (χ2v) is 4.77. The molecule has 0 aliphatic carbocycles. The summed E-state index contributed by atoms with van der Waals surface area (Å²) in [6, 6.07) is 7.71. The van der Waals surface area contributed by atoms with Crippen molar-refractivity contribution in [2.24, 2.45) is 5.92 Å². The third kappa shape index (κ3) is 4.51. The number of amides is 1. The maximum absolute atomic E-state index is 11.9. The molecule has 1 amide bonds. The minimum atomic E-state index is -0.00358. The van der Waals surface area contributed by atoms with Crippen LogP contribution in [0.4, 0.5) is 0 Å². The number of carbonyl (C=O) groups excluding carboxylic acids is 1. The molecule has 1 atom stereocenters. The van der Waals surface area contributed by atoms with Gasteiger partial charge in [-0.1, -0.05) is 12.1 Å². The van der Waals surface area contributed by atoms with E-state index < -0.39 is 0 Å². The van der Waals surface area contributed by atoms with Gasteiger partial charge in [0.25, 0.3) is 0 Å². The van der Waals surface area contributed by atoms with Gasteiger partial charge in [-0.15, -0.1) is 0 Å². The average molecular weight is 279 g/mol. The first-order valence-electron chi connectivity index (χ1n) is 6.85. The van der Waals surface area contributed by atoms with E-state index in [9.17, 15) is 4.79 Å². The molecule has 110 valence electrons. The van der Waals surface area contributed by atoms with Crippen LogP contribution in [0.15, 0.2) is 24.3 Å². The van der Waals surface area contributed by atoms with E-state index in [1.807, 2.05) is 24.3 Å². The van der Waals surface area contributed by atoms with E-state index in [1.54, 1.807) is 7.11 Å². The monoisotopic (exact) mass is 279 g/mol. The van der Waals surface area contributed by atoms with Crippen molar-refractivity contribution in [2.75, 3.05) is 33.5 Å². The lowest BCUT2D eigenvalue weighted by Gasteiger charge is -2.11. The Bertz CT molecular complexity index is 430. The van der Waals surface area contributed by atoms with Crippen LogP contribution in [-0.2, 0) is 20.8 Å². The Morgan fingerprint density at radius 3 is 3.10 bits per heavy atom. The Kier molecular flexibility index (Phi) is 5.83. The van der Waals surface area contributed by atoms with Crippen molar-refractivity contribution in [3.05, 3.63) is 29.8 Å². The third-order valence-electron chi connectivity index (χ3n) is 3.22. The molecule has 1 fully saturated rings. The quantitative estimate of drug-likeness (QED) is 0.766. The van der Waals surface area contributed by atoms with Gasteiger partial charge in [0.2, 0.25) is 5.91 Å². The summed E-state index contributed by atoms with van der Waals surface area (Å²) in [4.78, 5) is 11.9. The zero-order chi connectivity index (χ0) is 14.2. The van der Waals surface area contributed by atoms with Gasteiger partial charge in [0.05, 0.1) is 19.1 Å². The van der Waals surface area contributed by atoms with Crippen molar-refractivity contribution in [3.8, 4) is 5.75 Å². The summed E-state index contributed by atoms with van der Waals surface area (Å²) in [6.07, 6.45) is 0.812. The predicted octanol–water partition coefficient (Wildman–Crippen LogP) is 1.36. The third-order valence-corrected chi connectivity index (χ3v) is 3.22. The molecule has 1 N–H and O–H groups in total. The zero-order valence-corrected chi connectivity index (χ0v) is 11.8. The van der Waals surface area contributed by atoms with Gasteiger partial charge in [-0.25, -0.2) is 0 Å². The first kappa shape index (κ1) is 14.8. The van der Waals surface area contributed by atoms with Crippen molar-refractivity contribution < 1.29 is 19.0 Å². The number of ether oxygens (including phenoxy) is 3. The van der Waals surface area contributed by atoms with Gasteiger partial charge >= 0.3 is 0 Å². The average Bonchev–Trinajstić information content (AvgIpc) is 3.00. The summed E-state index contributed by atoms with van der Waals surface area (Å²) in [5.41, 5.74) is 1.02. The first-order chi connectivity index (χ1) is 9.79. The maximum Gasteiger partial charge on any atom is 0.225 e. The Balaban J connectivity index is 1.79. The Labute approximate surface area is 119 Å². The summed E-state index contributed by atoms with van der Waals surface area (Å²) in [5.74, 6) is 0.849. The van der Waals surface area contributed by atoms with E-state index in [1.165, 1.54) is 0 Å². The molecule has 1 aromatic carbocycles. The van der Waals surface area contributed by atoms with Gasteiger partial charge in [-0.05, 0) is 24.1 Å². The molecule has 20 heavy (non-hydrogen) atoms. The van der Waals surface area contributed by atoms with E-state index in [0.29, 0.717) is 33.0 Å². The summed E-state index contributed by atoms with van der Waals surface area (Å²) in [7, 11) is 1.64. The normalized spacial score (nSPS) is 17.9. The molecule has 1 aliphatic rings. The molecule has 5 nitrogen and oxygen atoms in total. The van der Waals surface area contributed by atoms with Crippen LogP contribution in [0.2, 0.25) is 0 Å². The number of methoxy groups -OCH3 is 1. The van der Waals surface area contributed by atoms with Crippen molar-refractivity contribution in [3.63, 3.8) is 0 Å². The number of nitrogens with one attached hydrogen (secondary N) is 1. The molecule has 0 spiro atoms. The van der Waals surface area contributed by atoms with Crippen LogP contribution >= 0.6 is 0 Å². The fourth-order valence-corrected chi connectivity index (χ4v) is 2.06. The van der Waals surface area contributed by atoms with Crippen molar-refractivity contribution in [1.29, 1.82) is 0 Å². The van der Waals surface area contributed by atoms with E-state index in [0.717, 1.165) is 17.7 Å². The molecular weight excluding hydrogens is 258 g/mol. The van der Waals surface area contributed by atoms with Crippen LogP contribution in [0.25, 0.3) is 0 Å². The highest BCUT2D eigenvalue weighted by Gasteiger charge is 2.22. The number of carbonyl (C=O) groups is 1. The van der Waals surface area contributed by atoms with Gasteiger partial charge in [-0.2, -0.15) is 0 Å². The fraction of sp³-hybridized carbons (Fsp3) is 0.533. The molecule has 1 unspecified atom stereocenters. The highest BCUT2D eigenvalue weighted by molar-refractivity contribution is 5.78. The Morgan fingerprint density at radius 2 is 2.35 bits per heavy atom. The minimum absolute atomic E-state index is 0.00358. The van der Waals surface area contributed by atoms with Gasteiger partial charge in [0, 0.05) is 20.3 Å². The van der Waals surface area contributed by atoms with E-state index in [4.69, 9.17) is 14.2 Å². The Hall–Kier alpha value is -1.59. The second-order valence-electron chi connectivity index (χ2n) is 4.77. The Morgan fingerprint density at radius 1 is 1.45 bits per heavy atom. The first-order valence-corrected chi connectivity index (χ1v) is 6.85. The largest absolute Gasteiger partial charge is 0.491 e. The smallest absolute Gasteiger partial charge is 0.225 e. The van der Waals surface area contributed by atoms with Gasteiger partial charge in [-0.3, -0.25) is 4.79 Å². The summed E-state index contributed by atoms with van der Waals surface area (Å²) < 4.78 is 15.7. The van der Waals surface area contributed by atoms with Crippen LogP contribution in [0.3, 0.4) is 0 Å². The highest BCUT2D eigenvalue weighted by atomic mass is 16.5. The second kappa shape index (κ2) is 7.87. The number of rotatable bonds is 7. The van der Waals surface area contributed by atoms with Crippen molar-refractivity contribution >= 4 is 5.91 Å². The van der Waals surface area contributed by atoms with E-state index in [2.05, 4.69) is 5.32 Å². The predicted molar refractivity (Wildman–Crippen MR) is 74.6 cm³/mol. The van der Waals surface area contributed by atoms with E-state index in [-0.39, 0.29) is 11.8 Å². The number of benzene rings is 1. The molecule has 0 radical (unpaired) electrons. The zero-order valence-electron chi connectivity index (χ0n) is 11.8. The molecular formula is C15H21NO4. The van der Waals surface area contributed by atoms with Crippen molar-refractivity contribution in [2.45, 2.75) is 13.0 Å². The summed E-state index contributed by atoms with van der Waals surface area (Å²) >= 11 is 0. The van der Waals surface area contributed by atoms with Crippen LogP contribution in [0.1, 0.15) is 12.0 Å². The topological polar surface area (TPSA) is 56.8 Å². The number of hydrogen-bond acceptors (Lipinski definition) is 4. The van der Waals surface area contributed by atoms with Crippen LogP contribution in [-0.4, -0.2) is 39.4 Å². The minimum Gasteiger partial charge on any atom is -0.491 e. The molecule has 0 aromatic heterocycles. The van der Waals surface area contributed by atoms with Gasteiger partial charge in [0.15, 0.2) is 0 Å². The molecule has 2 rings (SSSR count). The van der Waals surface area contributed by atoms with Crippen LogP contribution in [0, 0.1) is 5.92 Å². The number of hydrogen-bond donors (Lipinski definition) is 1. The van der Waals surface area contributed by atoms with E-state index >= 15 is 0 Å². The maximum atomic E-state index is 11.9. The molecule has 0 bridgehead atoms. The van der Waals surface area contributed by atoms with Crippen molar-refractivity contribution in [1.82, 2.24) is 5.32 Å². The summed E-state index contributed by atoms with van der Waals surface area (Å²) in [6.45, 7) is 2.80. The SMILES string of the molecule is COCCOc1cccc(CNC(=O)C2CCOC2)c1. The molecule has 5 heteroatoms. The van der Waals surface area contributed by atoms with Crippen LogP contribution < -0.4 is 10.1 Å². The lowest BCUT2D eigenvalue weighted by molar-refractivity contribution is -0.125. The molecule has 1 aliphatic heterocycles. The molecule has 1 saturated heterocycles. The summed E-state index contributed by atoms with van der Waals surface area (Å²) in [5, 5.41) is 2.94.